The van der Waals surface area contributed by atoms with Gasteiger partial charge in [-0.05, 0) is 37.4 Å². The Morgan fingerprint density at radius 2 is 1.65 bits per heavy atom. The first-order chi connectivity index (χ1) is 11.2. The molecule has 1 N–H and O–H groups in total. The molecule has 122 valence electrons. The lowest BCUT2D eigenvalue weighted by molar-refractivity contribution is 0.102. The number of anilines is 1. The molecule has 0 aliphatic heterocycles. The van der Waals surface area contributed by atoms with E-state index in [0.29, 0.717) is 23.6 Å². The lowest BCUT2D eigenvalue weighted by Gasteiger charge is -2.19. The highest BCUT2D eigenvalue weighted by molar-refractivity contribution is 6.04. The molecule has 0 unspecified atom stereocenters. The number of hydrogen-bond acceptors (Lipinski definition) is 3. The molecule has 0 radical (unpaired) electrons. The maximum Gasteiger partial charge on any atom is 0.255 e. The third-order valence-electron chi connectivity index (χ3n) is 3.73. The van der Waals surface area contributed by atoms with Crippen molar-refractivity contribution in [2.75, 3.05) is 31.6 Å². The predicted octanol–water partition coefficient (Wildman–Crippen LogP) is 3.66. The number of hydrogen-bond donors (Lipinski definition) is 1. The highest BCUT2D eigenvalue weighted by Crippen LogP contribution is 2.24. The summed E-state index contributed by atoms with van der Waals surface area (Å²) in [5.74, 6) is 0.564. The van der Waals surface area contributed by atoms with Gasteiger partial charge in [-0.3, -0.25) is 4.79 Å². The zero-order chi connectivity index (χ0) is 16.5. The molecule has 0 saturated heterocycles. The summed E-state index contributed by atoms with van der Waals surface area (Å²) in [6.07, 6.45) is 0. The van der Waals surface area contributed by atoms with Crippen molar-refractivity contribution >= 4 is 11.6 Å². The summed E-state index contributed by atoms with van der Waals surface area (Å²) in [6.45, 7) is 7.75. The van der Waals surface area contributed by atoms with Crippen LogP contribution in [0.3, 0.4) is 0 Å². The van der Waals surface area contributed by atoms with Gasteiger partial charge in [-0.15, -0.1) is 0 Å². The van der Waals surface area contributed by atoms with Gasteiger partial charge in [0.25, 0.3) is 5.91 Å². The van der Waals surface area contributed by atoms with Crippen molar-refractivity contribution < 1.29 is 9.53 Å². The fourth-order valence-corrected chi connectivity index (χ4v) is 2.30. The van der Waals surface area contributed by atoms with Crippen molar-refractivity contribution in [3.63, 3.8) is 0 Å². The van der Waals surface area contributed by atoms with Gasteiger partial charge < -0.3 is 15.0 Å². The topological polar surface area (TPSA) is 41.6 Å². The third kappa shape index (κ3) is 5.11. The second kappa shape index (κ2) is 8.96. The minimum absolute atomic E-state index is 0.134. The van der Waals surface area contributed by atoms with Crippen molar-refractivity contribution in [1.82, 2.24) is 4.90 Å². The second-order valence-corrected chi connectivity index (χ2v) is 5.19. The summed E-state index contributed by atoms with van der Waals surface area (Å²) >= 11 is 0. The van der Waals surface area contributed by atoms with Crippen LogP contribution in [-0.2, 0) is 0 Å². The van der Waals surface area contributed by atoms with Crippen molar-refractivity contribution in [2.45, 2.75) is 13.8 Å². The van der Waals surface area contributed by atoms with Gasteiger partial charge in [0, 0.05) is 12.1 Å². The number of likely N-dealkylation sites (N-methyl/N-ethyl adjacent to an activating group) is 1. The zero-order valence-corrected chi connectivity index (χ0v) is 13.8. The molecule has 1 amide bonds. The molecule has 2 aromatic rings. The van der Waals surface area contributed by atoms with Crippen molar-refractivity contribution in [1.29, 1.82) is 0 Å². The van der Waals surface area contributed by atoms with Gasteiger partial charge in [-0.1, -0.05) is 44.2 Å². The van der Waals surface area contributed by atoms with Crippen molar-refractivity contribution in [2.24, 2.45) is 0 Å². The summed E-state index contributed by atoms with van der Waals surface area (Å²) < 4.78 is 5.85. The predicted molar refractivity (Wildman–Crippen MR) is 94.1 cm³/mol. The van der Waals surface area contributed by atoms with Gasteiger partial charge in [0.15, 0.2) is 0 Å². The van der Waals surface area contributed by atoms with Crippen molar-refractivity contribution in [3.05, 3.63) is 60.2 Å². The van der Waals surface area contributed by atoms with Crippen LogP contribution in [0.2, 0.25) is 0 Å². The van der Waals surface area contributed by atoms with E-state index in [1.54, 1.807) is 12.1 Å². The number of nitrogens with zero attached hydrogens (tertiary/aromatic N) is 1. The number of amides is 1. The Hall–Kier alpha value is -2.33. The molecule has 0 saturated carbocycles. The van der Waals surface area contributed by atoms with E-state index in [9.17, 15) is 4.79 Å². The minimum atomic E-state index is -0.134. The van der Waals surface area contributed by atoms with E-state index in [1.807, 2.05) is 42.5 Å². The number of carbonyl (C=O) groups is 1. The molecule has 2 rings (SSSR count). The maximum absolute atomic E-state index is 12.3. The van der Waals surface area contributed by atoms with Gasteiger partial charge in [0.1, 0.15) is 12.4 Å². The Balaban J connectivity index is 1.99. The van der Waals surface area contributed by atoms with E-state index in [1.165, 1.54) is 0 Å². The van der Waals surface area contributed by atoms with E-state index in [-0.39, 0.29) is 5.91 Å². The van der Waals surface area contributed by atoms with Crippen LogP contribution in [-0.4, -0.2) is 37.0 Å². The van der Waals surface area contributed by atoms with E-state index >= 15 is 0 Å². The van der Waals surface area contributed by atoms with Crippen LogP contribution in [0.4, 0.5) is 5.69 Å². The van der Waals surface area contributed by atoms with Gasteiger partial charge in [0.2, 0.25) is 0 Å². The maximum atomic E-state index is 12.3. The molecule has 23 heavy (non-hydrogen) atoms. The van der Waals surface area contributed by atoms with Crippen molar-refractivity contribution in [3.8, 4) is 5.75 Å². The Morgan fingerprint density at radius 1 is 1.00 bits per heavy atom. The van der Waals surface area contributed by atoms with Gasteiger partial charge >= 0.3 is 0 Å². The number of ether oxygens (including phenoxy) is 1. The lowest BCUT2D eigenvalue weighted by Crippen LogP contribution is -2.28. The fraction of sp³-hybridized carbons (Fsp3) is 0.316. The average molecular weight is 312 g/mol. The molecule has 4 heteroatoms. The molecule has 0 bridgehead atoms. The highest BCUT2D eigenvalue weighted by Gasteiger charge is 2.09. The number of rotatable bonds is 8. The molecule has 0 spiro atoms. The number of nitrogens with one attached hydrogen (secondary N) is 1. The number of benzene rings is 2. The SMILES string of the molecule is CCN(CC)CCOc1ccccc1NC(=O)c1ccccc1. The smallest absolute Gasteiger partial charge is 0.255 e. The second-order valence-electron chi connectivity index (χ2n) is 5.19. The summed E-state index contributed by atoms with van der Waals surface area (Å²) in [5.41, 5.74) is 1.33. The Kier molecular flexibility index (Phi) is 6.63. The van der Waals surface area contributed by atoms with Gasteiger partial charge in [-0.25, -0.2) is 0 Å². The molecule has 0 heterocycles. The van der Waals surface area contributed by atoms with Gasteiger partial charge in [-0.2, -0.15) is 0 Å². The van der Waals surface area contributed by atoms with E-state index in [4.69, 9.17) is 4.74 Å². The van der Waals surface area contributed by atoms with Crippen LogP contribution in [0.5, 0.6) is 5.75 Å². The Morgan fingerprint density at radius 3 is 2.35 bits per heavy atom. The first-order valence-electron chi connectivity index (χ1n) is 8.05. The Bertz CT molecular complexity index is 610. The molecular weight excluding hydrogens is 288 g/mol. The summed E-state index contributed by atoms with van der Waals surface area (Å²) in [5, 5.41) is 2.92. The molecule has 0 atom stereocenters. The molecule has 4 nitrogen and oxygen atoms in total. The standard InChI is InChI=1S/C19H24N2O2/c1-3-21(4-2)14-15-23-18-13-9-8-12-17(18)20-19(22)16-10-6-5-7-11-16/h5-13H,3-4,14-15H2,1-2H3,(H,20,22). The number of carbonyl (C=O) groups excluding carboxylic acids is 1. The fourth-order valence-electron chi connectivity index (χ4n) is 2.30. The summed E-state index contributed by atoms with van der Waals surface area (Å²) in [7, 11) is 0. The normalized spacial score (nSPS) is 10.6. The van der Waals surface area contributed by atoms with E-state index < -0.39 is 0 Å². The molecule has 2 aromatic carbocycles. The van der Waals surface area contributed by atoms with E-state index in [0.717, 1.165) is 19.6 Å². The first kappa shape index (κ1) is 17.0. The van der Waals surface area contributed by atoms with Crippen LogP contribution < -0.4 is 10.1 Å². The molecule has 0 aliphatic carbocycles. The summed E-state index contributed by atoms with van der Waals surface area (Å²) in [6, 6.07) is 16.7. The van der Waals surface area contributed by atoms with Crippen LogP contribution in [0.1, 0.15) is 24.2 Å². The molecule has 0 fully saturated rings. The van der Waals surface area contributed by atoms with Crippen LogP contribution in [0.25, 0.3) is 0 Å². The zero-order valence-electron chi connectivity index (χ0n) is 13.8. The van der Waals surface area contributed by atoms with E-state index in [2.05, 4.69) is 24.1 Å². The van der Waals surface area contributed by atoms with Crippen LogP contribution >= 0.6 is 0 Å². The molecule has 0 aliphatic rings. The quantitative estimate of drug-likeness (QED) is 0.809. The lowest BCUT2D eigenvalue weighted by atomic mass is 10.2. The third-order valence-corrected chi connectivity index (χ3v) is 3.73. The highest BCUT2D eigenvalue weighted by atomic mass is 16.5. The van der Waals surface area contributed by atoms with Crippen LogP contribution in [0, 0.1) is 0 Å². The average Bonchev–Trinajstić information content (AvgIpc) is 2.61. The molecule has 0 aromatic heterocycles. The number of para-hydroxylation sites is 2. The first-order valence-corrected chi connectivity index (χ1v) is 8.05. The largest absolute Gasteiger partial charge is 0.490 e. The molecular formula is C19H24N2O2. The van der Waals surface area contributed by atoms with Crippen LogP contribution in [0.15, 0.2) is 54.6 Å². The van der Waals surface area contributed by atoms with Gasteiger partial charge in [0.05, 0.1) is 5.69 Å². The monoisotopic (exact) mass is 312 g/mol. The Labute approximate surface area is 138 Å². The minimum Gasteiger partial charge on any atom is -0.490 e. The summed E-state index contributed by atoms with van der Waals surface area (Å²) in [4.78, 5) is 14.6.